The fourth-order valence-electron chi connectivity index (χ4n) is 2.31. The van der Waals surface area contributed by atoms with Crippen molar-refractivity contribution >= 4 is 27.4 Å². The molecule has 0 unspecified atom stereocenters. The van der Waals surface area contributed by atoms with Gasteiger partial charge in [0.05, 0.1) is 0 Å². The molecule has 1 aromatic heterocycles. The summed E-state index contributed by atoms with van der Waals surface area (Å²) in [6.45, 7) is 8.57. The van der Waals surface area contributed by atoms with Gasteiger partial charge in [0.25, 0.3) is 0 Å². The molecule has 0 spiro atoms. The van der Waals surface area contributed by atoms with Crippen LogP contribution in [-0.4, -0.2) is 11.1 Å². The summed E-state index contributed by atoms with van der Waals surface area (Å²) in [6, 6.07) is 6.33. The van der Waals surface area contributed by atoms with Gasteiger partial charge in [0.15, 0.2) is 0 Å². The highest BCUT2D eigenvalue weighted by molar-refractivity contribution is 7.21. The first-order valence-electron chi connectivity index (χ1n) is 6.68. The number of aromatic carboxylic acids is 1. The van der Waals surface area contributed by atoms with E-state index in [0.717, 1.165) is 22.1 Å². The third-order valence-corrected chi connectivity index (χ3v) is 4.49. The normalized spacial score (nSPS) is 11.7. The number of fused-ring (bicyclic) bond motifs is 1. The molecule has 0 saturated heterocycles. The van der Waals surface area contributed by atoms with Gasteiger partial charge in [0.1, 0.15) is 4.88 Å². The van der Waals surface area contributed by atoms with Gasteiger partial charge >= 0.3 is 5.97 Å². The van der Waals surface area contributed by atoms with Crippen molar-refractivity contribution < 1.29 is 9.90 Å². The van der Waals surface area contributed by atoms with Crippen LogP contribution < -0.4 is 0 Å². The van der Waals surface area contributed by atoms with Crippen molar-refractivity contribution in [3.63, 3.8) is 0 Å². The molecule has 19 heavy (non-hydrogen) atoms. The van der Waals surface area contributed by atoms with Crippen LogP contribution in [0, 0.1) is 5.92 Å². The molecule has 0 amide bonds. The van der Waals surface area contributed by atoms with E-state index in [9.17, 15) is 9.90 Å². The summed E-state index contributed by atoms with van der Waals surface area (Å²) in [4.78, 5) is 11.9. The number of carbonyl (C=O) groups is 1. The van der Waals surface area contributed by atoms with E-state index in [4.69, 9.17) is 0 Å². The van der Waals surface area contributed by atoms with Crippen molar-refractivity contribution in [1.82, 2.24) is 0 Å². The summed E-state index contributed by atoms with van der Waals surface area (Å²) < 4.78 is 1.08. The number of carboxylic acids is 1. The molecule has 3 heteroatoms. The molecule has 0 atom stereocenters. The topological polar surface area (TPSA) is 37.3 Å². The first kappa shape index (κ1) is 14.1. The molecule has 0 aliphatic heterocycles. The number of hydrogen-bond acceptors (Lipinski definition) is 2. The summed E-state index contributed by atoms with van der Waals surface area (Å²) in [5.74, 6) is 0.117. The minimum Gasteiger partial charge on any atom is -0.477 e. The van der Waals surface area contributed by atoms with Gasteiger partial charge in [-0.3, -0.25) is 0 Å². The molecule has 1 N–H and O–H groups in total. The second-order valence-corrected chi connectivity index (χ2v) is 6.78. The van der Waals surface area contributed by atoms with E-state index in [1.54, 1.807) is 0 Å². The summed E-state index contributed by atoms with van der Waals surface area (Å²) in [5, 5.41) is 10.5. The Bertz CT molecular complexity index is 608. The molecule has 2 aromatic rings. The van der Waals surface area contributed by atoms with E-state index in [-0.39, 0.29) is 0 Å². The second kappa shape index (κ2) is 5.33. The number of thiophene rings is 1. The van der Waals surface area contributed by atoms with Crippen LogP contribution in [0.25, 0.3) is 10.1 Å². The van der Waals surface area contributed by atoms with Gasteiger partial charge in [-0.05, 0) is 46.9 Å². The van der Waals surface area contributed by atoms with Crippen LogP contribution in [0.5, 0.6) is 0 Å². The van der Waals surface area contributed by atoms with E-state index in [0.29, 0.717) is 16.7 Å². The van der Waals surface area contributed by atoms with Crippen LogP contribution in [0.1, 0.15) is 54.4 Å². The Labute approximate surface area is 118 Å². The average Bonchev–Trinajstić information content (AvgIpc) is 2.66. The maximum absolute atomic E-state index is 11.4. The Morgan fingerprint density at radius 3 is 2.47 bits per heavy atom. The minimum atomic E-state index is -0.803. The Kier molecular flexibility index (Phi) is 3.95. The molecular weight excluding hydrogens is 256 g/mol. The number of benzene rings is 1. The Hall–Kier alpha value is -1.35. The van der Waals surface area contributed by atoms with Gasteiger partial charge in [-0.1, -0.05) is 33.8 Å². The molecule has 0 radical (unpaired) electrons. The fraction of sp³-hybridized carbons (Fsp3) is 0.438. The quantitative estimate of drug-likeness (QED) is 0.860. The van der Waals surface area contributed by atoms with Crippen molar-refractivity contribution in [3.05, 3.63) is 34.2 Å². The predicted octanol–water partition coefficient (Wildman–Crippen LogP) is 4.92. The zero-order valence-corrected chi connectivity index (χ0v) is 12.7. The molecule has 0 aliphatic rings. The summed E-state index contributed by atoms with van der Waals surface area (Å²) in [6.07, 6.45) is 0.823. The van der Waals surface area contributed by atoms with Crippen LogP contribution in [0.3, 0.4) is 0 Å². The maximum Gasteiger partial charge on any atom is 0.346 e. The third-order valence-electron chi connectivity index (χ3n) is 3.29. The van der Waals surface area contributed by atoms with E-state index >= 15 is 0 Å². The molecule has 0 fully saturated rings. The molecule has 1 aromatic carbocycles. The van der Waals surface area contributed by atoms with E-state index in [2.05, 4.69) is 45.9 Å². The number of carboxylic acid groups (broad SMARTS) is 1. The number of rotatable bonds is 4. The Balaban J connectivity index is 2.66. The highest BCUT2D eigenvalue weighted by Gasteiger charge is 2.19. The van der Waals surface area contributed by atoms with Crippen LogP contribution in [-0.2, 0) is 6.42 Å². The lowest BCUT2D eigenvalue weighted by atomic mass is 9.96. The average molecular weight is 276 g/mol. The molecule has 1 heterocycles. The monoisotopic (exact) mass is 276 g/mol. The standard InChI is InChI=1S/C16H20O2S/c1-9(2)7-13-12-8-11(10(3)4)5-6-14(12)19-15(13)16(17)18/h5-6,8-10H,7H2,1-4H3,(H,17,18). The lowest BCUT2D eigenvalue weighted by Crippen LogP contribution is -2.01. The molecular formula is C16H20O2S. The molecule has 0 saturated carbocycles. The SMILES string of the molecule is CC(C)Cc1c(C(=O)O)sc2ccc(C(C)C)cc12. The highest BCUT2D eigenvalue weighted by Crippen LogP contribution is 2.35. The Morgan fingerprint density at radius 1 is 1.26 bits per heavy atom. The smallest absolute Gasteiger partial charge is 0.346 e. The molecule has 2 nitrogen and oxygen atoms in total. The van der Waals surface area contributed by atoms with Gasteiger partial charge in [-0.2, -0.15) is 0 Å². The zero-order valence-electron chi connectivity index (χ0n) is 11.9. The van der Waals surface area contributed by atoms with Crippen molar-refractivity contribution in [1.29, 1.82) is 0 Å². The highest BCUT2D eigenvalue weighted by atomic mass is 32.1. The maximum atomic E-state index is 11.4. The van der Waals surface area contributed by atoms with Crippen LogP contribution in [0.4, 0.5) is 0 Å². The van der Waals surface area contributed by atoms with Gasteiger partial charge in [-0.15, -0.1) is 11.3 Å². The first-order valence-corrected chi connectivity index (χ1v) is 7.50. The second-order valence-electron chi connectivity index (χ2n) is 5.72. The summed E-state index contributed by atoms with van der Waals surface area (Å²) in [7, 11) is 0. The third kappa shape index (κ3) is 2.81. The van der Waals surface area contributed by atoms with Crippen LogP contribution in [0.2, 0.25) is 0 Å². The largest absolute Gasteiger partial charge is 0.477 e. The van der Waals surface area contributed by atoms with Crippen molar-refractivity contribution in [3.8, 4) is 0 Å². The van der Waals surface area contributed by atoms with Crippen LogP contribution >= 0.6 is 11.3 Å². The van der Waals surface area contributed by atoms with Crippen LogP contribution in [0.15, 0.2) is 18.2 Å². The van der Waals surface area contributed by atoms with E-state index < -0.39 is 5.97 Å². The van der Waals surface area contributed by atoms with Gasteiger partial charge < -0.3 is 5.11 Å². The summed E-state index contributed by atoms with van der Waals surface area (Å²) in [5.41, 5.74) is 2.28. The Morgan fingerprint density at radius 2 is 1.95 bits per heavy atom. The number of hydrogen-bond donors (Lipinski definition) is 1. The molecule has 102 valence electrons. The minimum absolute atomic E-state index is 0.457. The molecule has 2 rings (SSSR count). The van der Waals surface area contributed by atoms with Crippen molar-refractivity contribution in [2.24, 2.45) is 5.92 Å². The first-order chi connectivity index (χ1) is 8.90. The van der Waals surface area contributed by atoms with Gasteiger partial charge in [0.2, 0.25) is 0 Å². The van der Waals surface area contributed by atoms with Crippen molar-refractivity contribution in [2.45, 2.75) is 40.0 Å². The fourth-order valence-corrected chi connectivity index (χ4v) is 3.36. The van der Waals surface area contributed by atoms with Crippen molar-refractivity contribution in [2.75, 3.05) is 0 Å². The lowest BCUT2D eigenvalue weighted by Gasteiger charge is -2.08. The van der Waals surface area contributed by atoms with Gasteiger partial charge in [0, 0.05) is 4.70 Å². The van der Waals surface area contributed by atoms with E-state index in [1.807, 2.05) is 0 Å². The van der Waals surface area contributed by atoms with E-state index in [1.165, 1.54) is 16.9 Å². The summed E-state index contributed by atoms with van der Waals surface area (Å²) >= 11 is 1.39. The van der Waals surface area contributed by atoms with Gasteiger partial charge in [-0.25, -0.2) is 4.79 Å². The zero-order chi connectivity index (χ0) is 14.2. The predicted molar refractivity (Wildman–Crippen MR) is 81.4 cm³/mol. The molecule has 0 aliphatic carbocycles. The lowest BCUT2D eigenvalue weighted by molar-refractivity contribution is 0.0701. The molecule has 0 bridgehead atoms.